The van der Waals surface area contributed by atoms with E-state index in [1.165, 1.54) is 4.88 Å². The van der Waals surface area contributed by atoms with E-state index in [1.54, 1.807) is 23.7 Å². The van der Waals surface area contributed by atoms with Gasteiger partial charge in [0.05, 0.1) is 5.60 Å². The van der Waals surface area contributed by atoms with Crippen LogP contribution in [0.4, 0.5) is 0 Å². The van der Waals surface area contributed by atoms with Crippen LogP contribution in [0.5, 0.6) is 0 Å². The fourth-order valence-electron chi connectivity index (χ4n) is 1.54. The minimum atomic E-state index is -0.834. The van der Waals surface area contributed by atoms with Crippen molar-refractivity contribution < 1.29 is 5.11 Å². The van der Waals surface area contributed by atoms with Crippen molar-refractivity contribution in [3.8, 4) is 0 Å². The fraction of sp³-hybridized carbons (Fsp3) is 0.250. The smallest absolute Gasteiger partial charge is 0.0931 e. The van der Waals surface area contributed by atoms with E-state index in [2.05, 4.69) is 4.98 Å². The summed E-state index contributed by atoms with van der Waals surface area (Å²) in [6.07, 6.45) is 4.06. The summed E-state index contributed by atoms with van der Waals surface area (Å²) in [6, 6.07) is 7.79. The molecular formula is C12H13NOS. The molecule has 0 saturated heterocycles. The number of pyridine rings is 1. The molecule has 2 aromatic heterocycles. The summed E-state index contributed by atoms with van der Waals surface area (Å²) in [5, 5.41) is 12.3. The predicted octanol–water partition coefficient (Wildman–Crippen LogP) is 2.59. The summed E-state index contributed by atoms with van der Waals surface area (Å²) in [5.74, 6) is 0. The van der Waals surface area contributed by atoms with E-state index in [9.17, 15) is 5.11 Å². The van der Waals surface area contributed by atoms with Crippen molar-refractivity contribution in [2.24, 2.45) is 0 Å². The lowest BCUT2D eigenvalue weighted by molar-refractivity contribution is 0.0581. The highest BCUT2D eigenvalue weighted by atomic mass is 32.1. The van der Waals surface area contributed by atoms with E-state index in [4.69, 9.17) is 0 Å². The average Bonchev–Trinajstić information content (AvgIpc) is 2.71. The van der Waals surface area contributed by atoms with Gasteiger partial charge >= 0.3 is 0 Å². The monoisotopic (exact) mass is 219 g/mol. The van der Waals surface area contributed by atoms with Gasteiger partial charge in [0.15, 0.2) is 0 Å². The number of hydrogen-bond acceptors (Lipinski definition) is 3. The Bertz CT molecular complexity index is 408. The molecule has 78 valence electrons. The minimum absolute atomic E-state index is 0.635. The Morgan fingerprint density at radius 2 is 2.27 bits per heavy atom. The lowest BCUT2D eigenvalue weighted by Gasteiger charge is -2.22. The van der Waals surface area contributed by atoms with Gasteiger partial charge in [0.25, 0.3) is 0 Å². The molecule has 3 heteroatoms. The molecule has 0 fully saturated rings. The van der Waals surface area contributed by atoms with Crippen molar-refractivity contribution in [2.75, 3.05) is 0 Å². The Morgan fingerprint density at radius 1 is 1.40 bits per heavy atom. The van der Waals surface area contributed by atoms with Gasteiger partial charge in [-0.1, -0.05) is 12.1 Å². The summed E-state index contributed by atoms with van der Waals surface area (Å²) in [5.41, 5.74) is 0.0254. The molecule has 2 aromatic rings. The number of hydrogen-bond donors (Lipinski definition) is 1. The maximum absolute atomic E-state index is 10.3. The summed E-state index contributed by atoms with van der Waals surface area (Å²) < 4.78 is 0. The van der Waals surface area contributed by atoms with Crippen LogP contribution in [0.3, 0.4) is 0 Å². The van der Waals surface area contributed by atoms with E-state index < -0.39 is 5.60 Å². The third kappa shape index (κ3) is 2.43. The normalized spacial score (nSPS) is 14.8. The molecule has 0 amide bonds. The Hall–Kier alpha value is -1.19. The zero-order valence-electron chi connectivity index (χ0n) is 8.55. The van der Waals surface area contributed by atoms with Gasteiger partial charge in [-0.15, -0.1) is 11.3 Å². The first-order chi connectivity index (χ1) is 7.18. The molecule has 1 N–H and O–H groups in total. The highest BCUT2D eigenvalue weighted by Crippen LogP contribution is 2.26. The molecule has 1 atom stereocenters. The summed E-state index contributed by atoms with van der Waals surface area (Å²) in [4.78, 5) is 5.21. The maximum Gasteiger partial charge on any atom is 0.0931 e. The standard InChI is InChI=1S/C12H13NOS/c1-12(14,8-11-5-3-7-15-11)10-4-2-6-13-9-10/h2-7,9,14H,8H2,1H3. The van der Waals surface area contributed by atoms with Crippen molar-refractivity contribution in [1.82, 2.24) is 4.98 Å². The molecule has 0 radical (unpaired) electrons. The molecule has 2 heterocycles. The van der Waals surface area contributed by atoms with Crippen LogP contribution in [0.2, 0.25) is 0 Å². The molecule has 2 rings (SSSR count). The summed E-state index contributed by atoms with van der Waals surface area (Å²) in [7, 11) is 0. The number of thiophene rings is 1. The molecule has 0 aliphatic carbocycles. The second-order valence-electron chi connectivity index (χ2n) is 3.77. The SMILES string of the molecule is CC(O)(Cc1cccs1)c1cccnc1. The van der Waals surface area contributed by atoms with E-state index in [1.807, 2.05) is 36.6 Å². The largest absolute Gasteiger partial charge is 0.385 e. The fourth-order valence-corrected chi connectivity index (χ4v) is 2.39. The Labute approximate surface area is 93.2 Å². The molecule has 1 unspecified atom stereocenters. The van der Waals surface area contributed by atoms with Crippen LogP contribution < -0.4 is 0 Å². The van der Waals surface area contributed by atoms with Gasteiger partial charge in [0, 0.05) is 29.3 Å². The first-order valence-electron chi connectivity index (χ1n) is 4.84. The van der Waals surface area contributed by atoms with E-state index in [0.29, 0.717) is 6.42 Å². The molecule has 0 aliphatic heterocycles. The van der Waals surface area contributed by atoms with Gasteiger partial charge in [0.1, 0.15) is 0 Å². The van der Waals surface area contributed by atoms with Gasteiger partial charge in [-0.05, 0) is 24.4 Å². The van der Waals surface area contributed by atoms with E-state index >= 15 is 0 Å². The van der Waals surface area contributed by atoms with Gasteiger partial charge < -0.3 is 5.11 Å². The average molecular weight is 219 g/mol. The van der Waals surface area contributed by atoms with Gasteiger partial charge in [0.2, 0.25) is 0 Å². The number of aliphatic hydroxyl groups is 1. The molecule has 2 nitrogen and oxygen atoms in total. The van der Waals surface area contributed by atoms with Crippen molar-refractivity contribution in [1.29, 1.82) is 0 Å². The first-order valence-corrected chi connectivity index (χ1v) is 5.72. The Balaban J connectivity index is 2.20. The number of rotatable bonds is 3. The first kappa shape index (κ1) is 10.3. The van der Waals surface area contributed by atoms with Crippen LogP contribution in [-0.4, -0.2) is 10.1 Å². The predicted molar refractivity (Wildman–Crippen MR) is 61.8 cm³/mol. The van der Waals surface area contributed by atoms with Gasteiger partial charge in [-0.3, -0.25) is 4.98 Å². The third-order valence-electron chi connectivity index (χ3n) is 2.38. The number of nitrogens with zero attached hydrogens (tertiary/aromatic N) is 1. The molecule has 0 aliphatic rings. The number of aromatic nitrogens is 1. The minimum Gasteiger partial charge on any atom is -0.385 e. The van der Waals surface area contributed by atoms with Crippen molar-refractivity contribution in [3.63, 3.8) is 0 Å². The summed E-state index contributed by atoms with van der Waals surface area (Å²) >= 11 is 1.66. The molecular weight excluding hydrogens is 206 g/mol. The van der Waals surface area contributed by atoms with Crippen LogP contribution >= 0.6 is 11.3 Å². The highest BCUT2D eigenvalue weighted by molar-refractivity contribution is 7.09. The van der Waals surface area contributed by atoms with Gasteiger partial charge in [-0.25, -0.2) is 0 Å². The lowest BCUT2D eigenvalue weighted by Crippen LogP contribution is -2.23. The highest BCUT2D eigenvalue weighted by Gasteiger charge is 2.23. The molecule has 0 bridgehead atoms. The maximum atomic E-state index is 10.3. The van der Waals surface area contributed by atoms with Crippen LogP contribution in [0, 0.1) is 0 Å². The molecule has 0 spiro atoms. The third-order valence-corrected chi connectivity index (χ3v) is 3.26. The topological polar surface area (TPSA) is 33.1 Å². The lowest BCUT2D eigenvalue weighted by atomic mass is 9.93. The molecule has 0 saturated carbocycles. The second kappa shape index (κ2) is 4.13. The van der Waals surface area contributed by atoms with Crippen LogP contribution in [-0.2, 0) is 12.0 Å². The zero-order valence-corrected chi connectivity index (χ0v) is 9.37. The molecule has 0 aromatic carbocycles. The van der Waals surface area contributed by atoms with Crippen molar-refractivity contribution in [3.05, 3.63) is 52.5 Å². The quantitative estimate of drug-likeness (QED) is 0.860. The second-order valence-corrected chi connectivity index (χ2v) is 4.80. The Morgan fingerprint density at radius 3 is 2.87 bits per heavy atom. The van der Waals surface area contributed by atoms with Crippen LogP contribution in [0.1, 0.15) is 17.4 Å². The van der Waals surface area contributed by atoms with E-state index in [0.717, 1.165) is 5.56 Å². The van der Waals surface area contributed by atoms with E-state index in [-0.39, 0.29) is 0 Å². The zero-order chi connectivity index (χ0) is 10.7. The van der Waals surface area contributed by atoms with Crippen LogP contribution in [0.25, 0.3) is 0 Å². The Kier molecular flexibility index (Phi) is 2.84. The van der Waals surface area contributed by atoms with Crippen molar-refractivity contribution in [2.45, 2.75) is 18.9 Å². The van der Waals surface area contributed by atoms with Gasteiger partial charge in [-0.2, -0.15) is 0 Å². The van der Waals surface area contributed by atoms with Crippen molar-refractivity contribution >= 4 is 11.3 Å². The van der Waals surface area contributed by atoms with Crippen LogP contribution in [0.15, 0.2) is 42.0 Å². The molecule has 15 heavy (non-hydrogen) atoms. The summed E-state index contributed by atoms with van der Waals surface area (Å²) in [6.45, 7) is 1.82.